The highest BCUT2D eigenvalue weighted by molar-refractivity contribution is 5.29. The van der Waals surface area contributed by atoms with E-state index in [1.54, 1.807) is 0 Å². The molecule has 0 aliphatic heterocycles. The molecule has 106 valence electrons. The van der Waals surface area contributed by atoms with Gasteiger partial charge in [-0.1, -0.05) is 39.3 Å². The molecule has 2 nitrogen and oxygen atoms in total. The Morgan fingerprint density at radius 3 is 2.47 bits per heavy atom. The largest absolute Gasteiger partial charge is 0.488 e. The first-order chi connectivity index (χ1) is 9.10. The minimum absolute atomic E-state index is 0.0383. The van der Waals surface area contributed by atoms with Gasteiger partial charge in [-0.25, -0.2) is 0 Å². The van der Waals surface area contributed by atoms with Crippen LogP contribution in [0.3, 0.4) is 0 Å². The van der Waals surface area contributed by atoms with E-state index in [4.69, 9.17) is 4.74 Å². The normalized spacial score (nSPS) is 27.5. The Bertz CT molecular complexity index is 383. The van der Waals surface area contributed by atoms with Gasteiger partial charge in [0.2, 0.25) is 0 Å². The molecule has 19 heavy (non-hydrogen) atoms. The third-order valence-corrected chi connectivity index (χ3v) is 4.28. The third kappa shape index (κ3) is 3.73. The summed E-state index contributed by atoms with van der Waals surface area (Å²) in [6.07, 6.45) is 3.80. The lowest BCUT2D eigenvalue weighted by molar-refractivity contribution is -0.0109. The van der Waals surface area contributed by atoms with E-state index < -0.39 is 0 Å². The number of hydrogen-bond donors (Lipinski definition) is 1. The highest BCUT2D eigenvalue weighted by atomic mass is 16.5. The molecule has 0 aromatic heterocycles. The third-order valence-electron chi connectivity index (χ3n) is 4.28. The zero-order valence-corrected chi connectivity index (χ0v) is 12.3. The van der Waals surface area contributed by atoms with E-state index in [1.807, 2.05) is 12.1 Å². The SMILES string of the molecule is CCC1CCC(O)C(Oc2ccc(C(C)C)cc2)C1. The predicted octanol–water partition coefficient (Wildman–Crippen LogP) is 4.13. The quantitative estimate of drug-likeness (QED) is 0.884. The molecule has 0 spiro atoms. The lowest BCUT2D eigenvalue weighted by atomic mass is 9.84. The number of benzene rings is 1. The lowest BCUT2D eigenvalue weighted by Gasteiger charge is -2.33. The van der Waals surface area contributed by atoms with Gasteiger partial charge in [0, 0.05) is 0 Å². The van der Waals surface area contributed by atoms with Crippen LogP contribution in [0.1, 0.15) is 57.9 Å². The van der Waals surface area contributed by atoms with E-state index in [0.717, 1.165) is 25.0 Å². The molecule has 2 heteroatoms. The van der Waals surface area contributed by atoms with Gasteiger partial charge in [-0.2, -0.15) is 0 Å². The van der Waals surface area contributed by atoms with Crippen LogP contribution in [0.15, 0.2) is 24.3 Å². The molecule has 1 aromatic rings. The summed E-state index contributed by atoms with van der Waals surface area (Å²) >= 11 is 0. The van der Waals surface area contributed by atoms with Crippen molar-refractivity contribution in [3.8, 4) is 5.75 Å². The topological polar surface area (TPSA) is 29.5 Å². The Kier molecular flexibility index (Phi) is 4.87. The first kappa shape index (κ1) is 14.4. The molecule has 1 N–H and O–H groups in total. The summed E-state index contributed by atoms with van der Waals surface area (Å²) in [5.41, 5.74) is 1.32. The van der Waals surface area contributed by atoms with Gasteiger partial charge in [0.1, 0.15) is 11.9 Å². The molecule has 3 unspecified atom stereocenters. The minimum atomic E-state index is -0.312. The van der Waals surface area contributed by atoms with Gasteiger partial charge in [-0.3, -0.25) is 0 Å². The average Bonchev–Trinajstić information content (AvgIpc) is 2.42. The van der Waals surface area contributed by atoms with Crippen molar-refractivity contribution in [2.24, 2.45) is 5.92 Å². The number of aliphatic hydroxyl groups is 1. The van der Waals surface area contributed by atoms with Crippen molar-refractivity contribution in [3.63, 3.8) is 0 Å². The molecule has 1 aliphatic rings. The average molecular weight is 262 g/mol. The van der Waals surface area contributed by atoms with E-state index in [-0.39, 0.29) is 12.2 Å². The van der Waals surface area contributed by atoms with Crippen molar-refractivity contribution in [3.05, 3.63) is 29.8 Å². The van der Waals surface area contributed by atoms with Crippen LogP contribution in [-0.2, 0) is 0 Å². The first-order valence-corrected chi connectivity index (χ1v) is 7.54. The Morgan fingerprint density at radius 2 is 1.89 bits per heavy atom. The summed E-state index contributed by atoms with van der Waals surface area (Å²) in [4.78, 5) is 0. The molecule has 0 bridgehead atoms. The van der Waals surface area contributed by atoms with E-state index in [2.05, 4.69) is 32.9 Å². The van der Waals surface area contributed by atoms with Gasteiger partial charge in [0.25, 0.3) is 0 Å². The van der Waals surface area contributed by atoms with E-state index >= 15 is 0 Å². The van der Waals surface area contributed by atoms with Crippen LogP contribution >= 0.6 is 0 Å². The highest BCUT2D eigenvalue weighted by Crippen LogP contribution is 2.30. The lowest BCUT2D eigenvalue weighted by Crippen LogP contribution is -2.38. The van der Waals surface area contributed by atoms with Crippen LogP contribution in [0.2, 0.25) is 0 Å². The molecule has 3 atom stereocenters. The number of aliphatic hydroxyl groups excluding tert-OH is 1. The second-order valence-corrected chi connectivity index (χ2v) is 6.03. The number of ether oxygens (including phenoxy) is 1. The Hall–Kier alpha value is -1.02. The smallest absolute Gasteiger partial charge is 0.125 e. The molecule has 0 heterocycles. The van der Waals surface area contributed by atoms with Crippen LogP contribution in [0.5, 0.6) is 5.75 Å². The molecule has 2 rings (SSSR count). The van der Waals surface area contributed by atoms with Crippen LogP contribution in [0, 0.1) is 5.92 Å². The van der Waals surface area contributed by atoms with Crippen LogP contribution in [0.4, 0.5) is 0 Å². The van der Waals surface area contributed by atoms with Gasteiger partial charge in [-0.05, 0) is 48.8 Å². The van der Waals surface area contributed by atoms with E-state index in [0.29, 0.717) is 11.8 Å². The summed E-state index contributed by atoms with van der Waals surface area (Å²) in [7, 11) is 0. The van der Waals surface area contributed by atoms with Crippen molar-refractivity contribution < 1.29 is 9.84 Å². The summed E-state index contributed by atoms with van der Waals surface area (Å²) in [6, 6.07) is 8.29. The fourth-order valence-corrected chi connectivity index (χ4v) is 2.80. The van der Waals surface area contributed by atoms with E-state index in [1.165, 1.54) is 12.0 Å². The monoisotopic (exact) mass is 262 g/mol. The van der Waals surface area contributed by atoms with Crippen LogP contribution in [0.25, 0.3) is 0 Å². The van der Waals surface area contributed by atoms with Crippen molar-refractivity contribution in [1.29, 1.82) is 0 Å². The van der Waals surface area contributed by atoms with Gasteiger partial charge in [-0.15, -0.1) is 0 Å². The fraction of sp³-hybridized carbons (Fsp3) is 0.647. The van der Waals surface area contributed by atoms with Gasteiger partial charge < -0.3 is 9.84 Å². The molecular formula is C17H26O2. The maximum Gasteiger partial charge on any atom is 0.125 e. The molecule has 0 amide bonds. The van der Waals surface area contributed by atoms with Gasteiger partial charge in [0.05, 0.1) is 6.10 Å². The van der Waals surface area contributed by atoms with Crippen molar-refractivity contribution in [1.82, 2.24) is 0 Å². The zero-order valence-electron chi connectivity index (χ0n) is 12.3. The number of hydrogen-bond acceptors (Lipinski definition) is 2. The van der Waals surface area contributed by atoms with Gasteiger partial charge >= 0.3 is 0 Å². The summed E-state index contributed by atoms with van der Waals surface area (Å²) in [5.74, 6) is 2.12. The molecule has 0 radical (unpaired) electrons. The summed E-state index contributed by atoms with van der Waals surface area (Å²) in [6.45, 7) is 6.59. The van der Waals surface area contributed by atoms with Gasteiger partial charge in [0.15, 0.2) is 0 Å². The standard InChI is InChI=1S/C17H26O2/c1-4-13-5-10-16(18)17(11-13)19-15-8-6-14(7-9-15)12(2)3/h6-9,12-13,16-18H,4-5,10-11H2,1-3H3. The Morgan fingerprint density at radius 1 is 1.21 bits per heavy atom. The van der Waals surface area contributed by atoms with Crippen molar-refractivity contribution >= 4 is 0 Å². The number of rotatable bonds is 4. The molecular weight excluding hydrogens is 236 g/mol. The van der Waals surface area contributed by atoms with Crippen LogP contribution in [-0.4, -0.2) is 17.3 Å². The second-order valence-electron chi connectivity index (χ2n) is 6.03. The molecule has 1 saturated carbocycles. The summed E-state index contributed by atoms with van der Waals surface area (Å²) < 4.78 is 5.98. The maximum absolute atomic E-state index is 10.1. The maximum atomic E-state index is 10.1. The molecule has 1 aliphatic carbocycles. The minimum Gasteiger partial charge on any atom is -0.488 e. The highest BCUT2D eigenvalue weighted by Gasteiger charge is 2.29. The summed E-state index contributed by atoms with van der Waals surface area (Å²) in [5, 5.41) is 10.1. The van der Waals surface area contributed by atoms with E-state index in [9.17, 15) is 5.11 Å². The Balaban J connectivity index is 1.99. The van der Waals surface area contributed by atoms with Crippen molar-refractivity contribution in [2.45, 2.75) is 64.6 Å². The Labute approximate surface area is 116 Å². The zero-order chi connectivity index (χ0) is 13.8. The molecule has 1 aromatic carbocycles. The predicted molar refractivity (Wildman–Crippen MR) is 78.6 cm³/mol. The molecule has 0 saturated heterocycles. The second kappa shape index (κ2) is 6.42. The van der Waals surface area contributed by atoms with Crippen LogP contribution < -0.4 is 4.74 Å². The fourth-order valence-electron chi connectivity index (χ4n) is 2.80. The van der Waals surface area contributed by atoms with Crippen molar-refractivity contribution in [2.75, 3.05) is 0 Å². The molecule has 1 fully saturated rings. The first-order valence-electron chi connectivity index (χ1n) is 7.54.